The van der Waals surface area contributed by atoms with Crippen LogP contribution in [0.2, 0.25) is 0 Å². The second-order valence-corrected chi connectivity index (χ2v) is 7.43. The molecule has 1 heterocycles. The normalized spacial score (nSPS) is 11.2. The molecule has 0 spiro atoms. The summed E-state index contributed by atoms with van der Waals surface area (Å²) in [7, 11) is -3.30. The predicted molar refractivity (Wildman–Crippen MR) is 94.9 cm³/mol. The van der Waals surface area contributed by atoms with Crippen molar-refractivity contribution in [3.8, 4) is 12.3 Å². The molecule has 3 rings (SSSR count). The topological polar surface area (TPSA) is 72.0 Å². The van der Waals surface area contributed by atoms with Gasteiger partial charge in [0.2, 0.25) is 0 Å². The van der Waals surface area contributed by atoms with Crippen LogP contribution in [0.3, 0.4) is 0 Å². The molecule has 0 unspecified atom stereocenters. The molecule has 3 aromatic rings. The number of anilines is 2. The molecule has 0 radical (unpaired) electrons. The third-order valence-electron chi connectivity index (χ3n) is 3.64. The fraction of sp³-hybridized carbons (Fsp3) is 0.111. The van der Waals surface area contributed by atoms with E-state index in [2.05, 4.69) is 21.2 Å². The Kier molecular flexibility index (Phi) is 4.19. The van der Waals surface area contributed by atoms with Gasteiger partial charge in [-0.15, -0.1) is 6.42 Å². The van der Waals surface area contributed by atoms with Crippen molar-refractivity contribution in [1.82, 2.24) is 9.97 Å². The first-order valence-corrected chi connectivity index (χ1v) is 9.00. The highest BCUT2D eigenvalue weighted by Crippen LogP contribution is 2.26. The number of fused-ring (bicyclic) bond motifs is 1. The number of hydrogen-bond acceptors (Lipinski definition) is 5. The lowest BCUT2D eigenvalue weighted by Crippen LogP contribution is -2.04. The van der Waals surface area contributed by atoms with E-state index in [9.17, 15) is 8.42 Å². The van der Waals surface area contributed by atoms with Crippen LogP contribution in [0.25, 0.3) is 10.9 Å². The predicted octanol–water partition coefficient (Wildman–Crippen LogP) is 3.15. The zero-order valence-corrected chi connectivity index (χ0v) is 13.8. The van der Waals surface area contributed by atoms with Crippen LogP contribution in [-0.2, 0) is 9.84 Å². The molecule has 24 heavy (non-hydrogen) atoms. The second kappa shape index (κ2) is 6.30. The van der Waals surface area contributed by atoms with Crippen LogP contribution in [0.15, 0.2) is 53.7 Å². The number of aromatic nitrogens is 2. The summed E-state index contributed by atoms with van der Waals surface area (Å²) in [6, 6.07) is 12.2. The van der Waals surface area contributed by atoms with Gasteiger partial charge in [0, 0.05) is 16.6 Å². The van der Waals surface area contributed by atoms with Crippen molar-refractivity contribution >= 4 is 32.2 Å². The second-order valence-electron chi connectivity index (χ2n) is 5.15. The molecule has 1 aromatic heterocycles. The minimum absolute atomic E-state index is 0.0408. The number of sulfone groups is 1. The third kappa shape index (κ3) is 3.07. The number of rotatable bonds is 4. The van der Waals surface area contributed by atoms with Gasteiger partial charge in [-0.05, 0) is 36.4 Å². The molecule has 120 valence electrons. The monoisotopic (exact) mass is 337 g/mol. The zero-order chi connectivity index (χ0) is 17.2. The Bertz CT molecular complexity index is 1050. The first-order chi connectivity index (χ1) is 11.5. The quantitative estimate of drug-likeness (QED) is 0.741. The number of nitrogens with one attached hydrogen (secondary N) is 1. The molecule has 1 N–H and O–H groups in total. The van der Waals surface area contributed by atoms with Gasteiger partial charge >= 0.3 is 0 Å². The molecule has 0 atom stereocenters. The molecule has 0 aliphatic carbocycles. The number of hydrogen-bond donors (Lipinski definition) is 1. The summed E-state index contributed by atoms with van der Waals surface area (Å²) < 4.78 is 24.2. The van der Waals surface area contributed by atoms with Crippen molar-refractivity contribution in [3.63, 3.8) is 0 Å². The maximum Gasteiger partial charge on any atom is 0.178 e. The van der Waals surface area contributed by atoms with Crippen LogP contribution in [-0.4, -0.2) is 24.1 Å². The smallest absolute Gasteiger partial charge is 0.178 e. The van der Waals surface area contributed by atoms with Gasteiger partial charge in [0.15, 0.2) is 9.84 Å². The van der Waals surface area contributed by atoms with E-state index in [1.165, 1.54) is 6.33 Å². The minimum Gasteiger partial charge on any atom is -0.340 e. The average molecular weight is 337 g/mol. The molecule has 0 bridgehead atoms. The number of nitrogens with zero attached hydrogens (tertiary/aromatic N) is 2. The molecule has 0 saturated carbocycles. The van der Waals surface area contributed by atoms with Gasteiger partial charge in [0.25, 0.3) is 0 Å². The minimum atomic E-state index is -3.30. The molecule has 0 fully saturated rings. The Hall–Kier alpha value is -2.91. The first-order valence-electron chi connectivity index (χ1n) is 7.34. The maximum atomic E-state index is 12.1. The van der Waals surface area contributed by atoms with Crippen LogP contribution in [0.1, 0.15) is 12.5 Å². The van der Waals surface area contributed by atoms with E-state index in [0.29, 0.717) is 16.7 Å². The van der Waals surface area contributed by atoms with Gasteiger partial charge in [0.05, 0.1) is 16.2 Å². The highest BCUT2D eigenvalue weighted by molar-refractivity contribution is 7.91. The fourth-order valence-corrected chi connectivity index (χ4v) is 3.23. The summed E-state index contributed by atoms with van der Waals surface area (Å²) in [6.45, 7) is 1.62. The Morgan fingerprint density at radius 2 is 2.00 bits per heavy atom. The molecule has 0 saturated heterocycles. The Morgan fingerprint density at radius 3 is 2.75 bits per heavy atom. The van der Waals surface area contributed by atoms with E-state index in [0.717, 1.165) is 11.3 Å². The third-order valence-corrected chi connectivity index (χ3v) is 5.37. The van der Waals surface area contributed by atoms with E-state index >= 15 is 0 Å². The van der Waals surface area contributed by atoms with Crippen LogP contribution < -0.4 is 5.32 Å². The summed E-state index contributed by atoms with van der Waals surface area (Å²) >= 11 is 0. The zero-order valence-electron chi connectivity index (χ0n) is 13.0. The van der Waals surface area contributed by atoms with Crippen molar-refractivity contribution < 1.29 is 8.42 Å². The van der Waals surface area contributed by atoms with Crippen molar-refractivity contribution in [2.24, 2.45) is 0 Å². The van der Waals surface area contributed by atoms with Gasteiger partial charge in [-0.3, -0.25) is 0 Å². The van der Waals surface area contributed by atoms with Crippen molar-refractivity contribution in [1.29, 1.82) is 0 Å². The van der Waals surface area contributed by atoms with Crippen molar-refractivity contribution in [2.75, 3.05) is 11.1 Å². The largest absolute Gasteiger partial charge is 0.340 e. The van der Waals surface area contributed by atoms with Gasteiger partial charge in [-0.1, -0.05) is 18.9 Å². The standard InChI is InChI=1S/C18H15N3O2S/c1-3-13-6-5-7-14(10-13)21-18-16-11-15(24(22,23)4-2)8-9-17(16)19-12-20-18/h1,5-12H,4H2,2H3,(H,19,20,21). The Labute approximate surface area is 140 Å². The SMILES string of the molecule is C#Cc1cccc(Nc2ncnc3ccc(S(=O)(=O)CC)cc23)c1. The van der Waals surface area contributed by atoms with Gasteiger partial charge in [-0.2, -0.15) is 0 Å². The molecule has 0 aliphatic rings. The van der Waals surface area contributed by atoms with E-state index in [1.54, 1.807) is 25.1 Å². The average Bonchev–Trinajstić information content (AvgIpc) is 2.62. The fourth-order valence-electron chi connectivity index (χ4n) is 2.32. The summed E-state index contributed by atoms with van der Waals surface area (Å²) in [5.41, 5.74) is 2.18. The van der Waals surface area contributed by atoms with Crippen molar-refractivity contribution in [3.05, 3.63) is 54.4 Å². The van der Waals surface area contributed by atoms with E-state index in [-0.39, 0.29) is 10.6 Å². The van der Waals surface area contributed by atoms with Crippen molar-refractivity contribution in [2.45, 2.75) is 11.8 Å². The van der Waals surface area contributed by atoms with Gasteiger partial charge in [-0.25, -0.2) is 18.4 Å². The Morgan fingerprint density at radius 1 is 1.17 bits per heavy atom. The van der Waals surface area contributed by atoms with Gasteiger partial charge < -0.3 is 5.32 Å². The molecule has 5 nitrogen and oxygen atoms in total. The highest BCUT2D eigenvalue weighted by atomic mass is 32.2. The number of benzene rings is 2. The lowest BCUT2D eigenvalue weighted by atomic mass is 10.2. The summed E-state index contributed by atoms with van der Waals surface area (Å²) in [5, 5.41) is 3.81. The first kappa shape index (κ1) is 16.0. The van der Waals surface area contributed by atoms with E-state index in [4.69, 9.17) is 6.42 Å². The van der Waals surface area contributed by atoms with Crippen LogP contribution in [0, 0.1) is 12.3 Å². The van der Waals surface area contributed by atoms with E-state index in [1.807, 2.05) is 24.3 Å². The summed E-state index contributed by atoms with van der Waals surface area (Å²) in [6.07, 6.45) is 6.85. The summed E-state index contributed by atoms with van der Waals surface area (Å²) in [5.74, 6) is 3.15. The van der Waals surface area contributed by atoms with Gasteiger partial charge in [0.1, 0.15) is 12.1 Å². The van der Waals surface area contributed by atoms with Crippen LogP contribution in [0.4, 0.5) is 11.5 Å². The Balaban J connectivity index is 2.10. The summed E-state index contributed by atoms with van der Waals surface area (Å²) in [4.78, 5) is 8.68. The molecule has 0 amide bonds. The molecular weight excluding hydrogens is 322 g/mol. The molecule has 0 aliphatic heterocycles. The molecular formula is C18H15N3O2S. The maximum absolute atomic E-state index is 12.1. The number of terminal acetylenes is 1. The molecule has 6 heteroatoms. The molecule has 2 aromatic carbocycles. The van der Waals surface area contributed by atoms with E-state index < -0.39 is 9.84 Å². The highest BCUT2D eigenvalue weighted by Gasteiger charge is 2.14. The van der Waals surface area contributed by atoms with Crippen LogP contribution >= 0.6 is 0 Å². The van der Waals surface area contributed by atoms with Crippen LogP contribution in [0.5, 0.6) is 0 Å². The lowest BCUT2D eigenvalue weighted by molar-refractivity contribution is 0.597. The lowest BCUT2D eigenvalue weighted by Gasteiger charge is -2.10.